The molecule has 0 amide bonds. The third-order valence-electron chi connectivity index (χ3n) is 5.44. The van der Waals surface area contributed by atoms with Crippen LogP contribution in [0.5, 0.6) is 0 Å². The van der Waals surface area contributed by atoms with Gasteiger partial charge in [-0.1, -0.05) is 71.7 Å². The van der Waals surface area contributed by atoms with Crippen molar-refractivity contribution in [3.63, 3.8) is 0 Å². The number of aromatic nitrogens is 2. The second-order valence-electron chi connectivity index (χ2n) is 7.63. The van der Waals surface area contributed by atoms with Crippen LogP contribution < -0.4 is 9.60 Å². The molecule has 0 aliphatic heterocycles. The van der Waals surface area contributed by atoms with Crippen LogP contribution in [0, 0.1) is 0 Å². The van der Waals surface area contributed by atoms with E-state index in [2.05, 4.69) is 45.6 Å². The fourth-order valence-electron chi connectivity index (χ4n) is 3.65. The Morgan fingerprint density at radius 2 is 1.65 bits per heavy atom. The maximum absolute atomic E-state index is 11.5. The average Bonchev–Trinajstić information content (AvgIpc) is 3.34. The first kappa shape index (κ1) is 22.5. The first-order chi connectivity index (χ1) is 16.3. The number of thiazole rings is 2. The molecular weight excluding hydrogens is 488 g/mol. The second-order valence-corrected chi connectivity index (χ2v) is 11.1. The lowest BCUT2D eigenvalue weighted by atomic mass is 10.1. The predicted molar refractivity (Wildman–Crippen MR) is 137 cm³/mol. The van der Waals surface area contributed by atoms with Gasteiger partial charge in [0.15, 0.2) is 0 Å². The number of para-hydroxylation sites is 1. The van der Waals surface area contributed by atoms with E-state index in [0.29, 0.717) is 16.0 Å². The monoisotopic (exact) mass is 508 g/mol. The molecule has 0 atom stereocenters. The van der Waals surface area contributed by atoms with Crippen molar-refractivity contribution in [1.82, 2.24) is 9.13 Å². The smallest absolute Gasteiger partial charge is 0.294 e. The lowest BCUT2D eigenvalue weighted by molar-refractivity contribution is 0.483. The maximum atomic E-state index is 11.5. The van der Waals surface area contributed by atoms with E-state index in [0.717, 1.165) is 31.7 Å². The standard InChI is InChI=1S/C24H20N4O3S3/c1-3-16-8-10-17(11-9-16)15-28-20-6-4-5-7-21(20)32-24(28)26-25-23-27(2)19-13-12-18(34(29,30)31)14-22(19)33-23/h3-14H,1,15H2,2H3,(H,29,30,31)/b25-23-,26-24+. The minimum Gasteiger partial charge on any atom is -0.318 e. The van der Waals surface area contributed by atoms with Crippen molar-refractivity contribution in [2.45, 2.75) is 11.4 Å². The lowest BCUT2D eigenvalue weighted by Crippen LogP contribution is -2.16. The molecule has 0 saturated heterocycles. The van der Waals surface area contributed by atoms with Gasteiger partial charge < -0.3 is 9.13 Å². The van der Waals surface area contributed by atoms with Gasteiger partial charge in [0.25, 0.3) is 10.1 Å². The molecule has 0 bridgehead atoms. The van der Waals surface area contributed by atoms with E-state index >= 15 is 0 Å². The van der Waals surface area contributed by atoms with Gasteiger partial charge in [0.05, 0.1) is 31.9 Å². The summed E-state index contributed by atoms with van der Waals surface area (Å²) in [5, 5.41) is 9.08. The third-order valence-corrected chi connectivity index (χ3v) is 8.43. The van der Waals surface area contributed by atoms with Crippen LogP contribution in [0.1, 0.15) is 11.1 Å². The molecule has 172 valence electrons. The van der Waals surface area contributed by atoms with Crippen LogP contribution >= 0.6 is 22.7 Å². The van der Waals surface area contributed by atoms with Gasteiger partial charge in [0.2, 0.25) is 9.60 Å². The van der Waals surface area contributed by atoms with Crippen LogP contribution in [0.25, 0.3) is 26.5 Å². The number of nitrogens with zero attached hydrogens (tertiary/aromatic N) is 4. The summed E-state index contributed by atoms with van der Waals surface area (Å²) in [4.78, 5) is 1.22. The number of hydrogen-bond donors (Lipinski definition) is 1. The number of aryl methyl sites for hydroxylation is 1. The van der Waals surface area contributed by atoms with Crippen LogP contribution in [-0.4, -0.2) is 22.1 Å². The fourth-order valence-corrected chi connectivity index (χ4v) is 6.22. The number of fused-ring (bicyclic) bond motifs is 2. The van der Waals surface area contributed by atoms with Crippen LogP contribution in [0.3, 0.4) is 0 Å². The van der Waals surface area contributed by atoms with E-state index in [4.69, 9.17) is 0 Å². The van der Waals surface area contributed by atoms with E-state index in [-0.39, 0.29) is 4.90 Å². The van der Waals surface area contributed by atoms with E-state index < -0.39 is 10.1 Å². The first-order valence-electron chi connectivity index (χ1n) is 10.3. The highest BCUT2D eigenvalue weighted by molar-refractivity contribution is 7.85. The lowest BCUT2D eigenvalue weighted by Gasteiger charge is -2.06. The average molecular weight is 509 g/mol. The highest BCUT2D eigenvalue weighted by Gasteiger charge is 2.12. The van der Waals surface area contributed by atoms with Crippen LogP contribution in [0.15, 0.2) is 88.4 Å². The summed E-state index contributed by atoms with van der Waals surface area (Å²) in [7, 11) is -2.42. The Morgan fingerprint density at radius 1 is 0.941 bits per heavy atom. The van der Waals surface area contributed by atoms with E-state index in [1.54, 1.807) is 17.4 Å². The summed E-state index contributed by atoms with van der Waals surface area (Å²) in [5.74, 6) is 0. The van der Waals surface area contributed by atoms with Crippen molar-refractivity contribution in [1.29, 1.82) is 0 Å². The zero-order chi connectivity index (χ0) is 23.9. The van der Waals surface area contributed by atoms with Crippen molar-refractivity contribution < 1.29 is 13.0 Å². The molecule has 2 aromatic heterocycles. The minimum atomic E-state index is -4.27. The molecular formula is C24H20N4O3S3. The Hall–Kier alpha value is -3.31. The van der Waals surface area contributed by atoms with Gasteiger partial charge in [-0.2, -0.15) is 8.42 Å². The summed E-state index contributed by atoms with van der Waals surface area (Å²) < 4.78 is 38.1. The number of benzene rings is 3. The maximum Gasteiger partial charge on any atom is 0.294 e. The molecule has 0 unspecified atom stereocenters. The second kappa shape index (κ2) is 8.80. The Morgan fingerprint density at radius 3 is 2.38 bits per heavy atom. The van der Waals surface area contributed by atoms with Gasteiger partial charge in [-0.3, -0.25) is 4.55 Å². The predicted octanol–water partition coefficient (Wildman–Crippen LogP) is 4.61. The molecule has 0 fully saturated rings. The summed E-state index contributed by atoms with van der Waals surface area (Å²) in [6.07, 6.45) is 1.82. The molecule has 34 heavy (non-hydrogen) atoms. The van der Waals surface area contributed by atoms with Crippen molar-refractivity contribution >= 4 is 59.3 Å². The van der Waals surface area contributed by atoms with E-state index in [9.17, 15) is 13.0 Å². The quantitative estimate of drug-likeness (QED) is 0.278. The first-order valence-corrected chi connectivity index (χ1v) is 13.4. The summed E-state index contributed by atoms with van der Waals surface area (Å²) in [6.45, 7) is 4.45. The zero-order valence-corrected chi connectivity index (χ0v) is 20.6. The molecule has 10 heteroatoms. The zero-order valence-electron chi connectivity index (χ0n) is 18.1. The molecule has 0 spiro atoms. The SMILES string of the molecule is C=Cc1ccc(Cn2/c(=N\N=c3/sc4cc(S(=O)(=O)O)ccc4n3C)sc3ccccc32)cc1. The highest BCUT2D eigenvalue weighted by Crippen LogP contribution is 2.21. The van der Waals surface area contributed by atoms with E-state index in [1.165, 1.54) is 23.5 Å². The van der Waals surface area contributed by atoms with Crippen molar-refractivity contribution in [3.8, 4) is 0 Å². The largest absolute Gasteiger partial charge is 0.318 e. The van der Waals surface area contributed by atoms with Gasteiger partial charge in [0.1, 0.15) is 0 Å². The van der Waals surface area contributed by atoms with Gasteiger partial charge in [0, 0.05) is 7.05 Å². The number of hydrogen-bond acceptors (Lipinski definition) is 6. The Kier molecular flexibility index (Phi) is 5.82. The fraction of sp³-hybridized carbons (Fsp3) is 0.0833. The van der Waals surface area contributed by atoms with Gasteiger partial charge in [-0.25, -0.2) is 0 Å². The molecule has 0 aliphatic carbocycles. The summed E-state index contributed by atoms with van der Waals surface area (Å²) >= 11 is 2.87. The summed E-state index contributed by atoms with van der Waals surface area (Å²) in [5.41, 5.74) is 4.09. The molecule has 0 radical (unpaired) electrons. The molecule has 5 rings (SSSR count). The Bertz CT molecular complexity index is 1790. The third kappa shape index (κ3) is 4.28. The van der Waals surface area contributed by atoms with E-state index in [1.807, 2.05) is 42.0 Å². The molecule has 2 heterocycles. The van der Waals surface area contributed by atoms with Gasteiger partial charge in [-0.15, -0.1) is 10.2 Å². The molecule has 7 nitrogen and oxygen atoms in total. The van der Waals surface area contributed by atoms with Gasteiger partial charge >= 0.3 is 0 Å². The van der Waals surface area contributed by atoms with Crippen molar-refractivity contribution in [2.75, 3.05) is 0 Å². The molecule has 3 aromatic carbocycles. The molecule has 0 aliphatic rings. The Labute approximate surface area is 203 Å². The molecule has 0 saturated carbocycles. The normalized spacial score (nSPS) is 13.2. The molecule has 5 aromatic rings. The van der Waals surface area contributed by atoms with Crippen molar-refractivity contribution in [3.05, 3.63) is 94.0 Å². The van der Waals surface area contributed by atoms with Crippen LogP contribution in [0.4, 0.5) is 0 Å². The number of rotatable bonds is 5. The van der Waals surface area contributed by atoms with Crippen LogP contribution in [-0.2, 0) is 23.7 Å². The Balaban J connectivity index is 1.64. The van der Waals surface area contributed by atoms with Crippen LogP contribution in [0.2, 0.25) is 0 Å². The molecule has 1 N–H and O–H groups in total. The van der Waals surface area contributed by atoms with Crippen molar-refractivity contribution in [2.24, 2.45) is 17.3 Å². The highest BCUT2D eigenvalue weighted by atomic mass is 32.2. The topological polar surface area (TPSA) is 88.9 Å². The minimum absolute atomic E-state index is 0.143. The summed E-state index contributed by atoms with van der Waals surface area (Å²) in [6, 6.07) is 20.9. The van der Waals surface area contributed by atoms with Gasteiger partial charge in [-0.05, 0) is 41.5 Å².